The van der Waals surface area contributed by atoms with Crippen LogP contribution in [0.2, 0.25) is 0 Å². The third-order valence-electron chi connectivity index (χ3n) is 3.77. The van der Waals surface area contributed by atoms with E-state index in [1.807, 2.05) is 0 Å². The molecule has 2 heterocycles. The molecule has 0 aliphatic carbocycles. The van der Waals surface area contributed by atoms with Gasteiger partial charge in [0, 0.05) is 17.7 Å². The van der Waals surface area contributed by atoms with E-state index in [1.165, 1.54) is 37.6 Å². The summed E-state index contributed by atoms with van der Waals surface area (Å²) in [6.07, 6.45) is 2.45. The summed E-state index contributed by atoms with van der Waals surface area (Å²) in [7, 11) is -2.32. The van der Waals surface area contributed by atoms with Gasteiger partial charge in [0.05, 0.1) is 26.0 Å². The van der Waals surface area contributed by atoms with Gasteiger partial charge in [-0.1, -0.05) is 6.07 Å². The van der Waals surface area contributed by atoms with Gasteiger partial charge in [0.1, 0.15) is 16.5 Å². The topological polar surface area (TPSA) is 77.5 Å². The van der Waals surface area contributed by atoms with Gasteiger partial charge in [-0.3, -0.25) is 0 Å². The maximum Gasteiger partial charge on any atom is 0.242 e. The van der Waals surface area contributed by atoms with Crippen LogP contribution in [0.1, 0.15) is 24.4 Å². The highest BCUT2D eigenvalue weighted by Crippen LogP contribution is 2.33. The predicted octanol–water partition coefficient (Wildman–Crippen LogP) is 2.42. The number of pyridine rings is 1. The Balaban J connectivity index is 1.89. The number of methoxy groups -OCH3 is 1. The average Bonchev–Trinajstić information content (AvgIpc) is 2.76. The van der Waals surface area contributed by atoms with E-state index < -0.39 is 21.9 Å². The lowest BCUT2D eigenvalue weighted by Crippen LogP contribution is -2.28. The number of sulfonamides is 1. The molecule has 0 amide bonds. The highest BCUT2D eigenvalue weighted by atomic mass is 32.2. The van der Waals surface area contributed by atoms with Gasteiger partial charge < -0.3 is 9.47 Å². The number of aromatic nitrogens is 1. The number of hydrogen-bond donors (Lipinski definition) is 1. The normalized spacial score (nSPS) is 17.5. The minimum absolute atomic E-state index is 0.0390. The fourth-order valence-corrected chi connectivity index (χ4v) is 3.76. The van der Waals surface area contributed by atoms with Crippen LogP contribution in [0.4, 0.5) is 4.39 Å². The lowest BCUT2D eigenvalue weighted by Gasteiger charge is -2.18. The molecule has 1 aromatic carbocycles. The zero-order chi connectivity index (χ0) is 17.2. The molecule has 1 aromatic heterocycles. The second-order valence-electron chi connectivity index (χ2n) is 5.38. The largest absolute Gasteiger partial charge is 0.493 e. The zero-order valence-electron chi connectivity index (χ0n) is 13.0. The number of rotatable bonds is 4. The van der Waals surface area contributed by atoms with E-state index >= 15 is 0 Å². The Morgan fingerprint density at radius 3 is 2.88 bits per heavy atom. The predicted molar refractivity (Wildman–Crippen MR) is 85.0 cm³/mol. The van der Waals surface area contributed by atoms with Gasteiger partial charge >= 0.3 is 0 Å². The molecule has 0 fully saturated rings. The van der Waals surface area contributed by atoms with E-state index in [0.29, 0.717) is 36.6 Å². The summed E-state index contributed by atoms with van der Waals surface area (Å²) in [5.74, 6) is 0.280. The van der Waals surface area contributed by atoms with Gasteiger partial charge in [0.2, 0.25) is 15.9 Å². The summed E-state index contributed by atoms with van der Waals surface area (Å²) in [6.45, 7) is 0.415. The summed E-state index contributed by atoms with van der Waals surface area (Å²) in [5.41, 5.74) is 0.624. The van der Waals surface area contributed by atoms with Crippen molar-refractivity contribution < 1.29 is 22.3 Å². The lowest BCUT2D eigenvalue weighted by atomic mass is 10.0. The van der Waals surface area contributed by atoms with Gasteiger partial charge in [0.25, 0.3) is 0 Å². The van der Waals surface area contributed by atoms with E-state index in [-0.39, 0.29) is 4.90 Å². The molecule has 0 saturated carbocycles. The lowest BCUT2D eigenvalue weighted by molar-refractivity contribution is 0.314. The van der Waals surface area contributed by atoms with Crippen LogP contribution in [0.5, 0.6) is 11.6 Å². The Kier molecular flexibility index (Phi) is 4.68. The van der Waals surface area contributed by atoms with Crippen LogP contribution in [-0.4, -0.2) is 27.1 Å². The van der Waals surface area contributed by atoms with Gasteiger partial charge in [0.15, 0.2) is 0 Å². The number of nitrogens with zero attached hydrogens (tertiary/aromatic N) is 1. The molecule has 128 valence electrons. The van der Waals surface area contributed by atoms with Crippen molar-refractivity contribution in [3.05, 3.63) is 47.9 Å². The summed E-state index contributed by atoms with van der Waals surface area (Å²) in [4.78, 5) is 3.95. The third kappa shape index (κ3) is 3.49. The molecular weight excluding hydrogens is 335 g/mol. The second kappa shape index (κ2) is 6.74. The van der Waals surface area contributed by atoms with Crippen LogP contribution >= 0.6 is 0 Å². The van der Waals surface area contributed by atoms with E-state index in [9.17, 15) is 12.8 Å². The Morgan fingerprint density at radius 2 is 2.17 bits per heavy atom. The molecule has 6 nitrogen and oxygen atoms in total. The van der Waals surface area contributed by atoms with Crippen LogP contribution in [0, 0.1) is 5.82 Å². The van der Waals surface area contributed by atoms with Crippen molar-refractivity contribution in [1.29, 1.82) is 0 Å². The molecule has 0 spiro atoms. The Labute approximate surface area is 139 Å². The standard InChI is InChI=1S/C16H17FN2O4S/c1-22-16-7-5-12(10-18-16)24(20,21)19-14-3-2-8-23-15-9-11(17)4-6-13(14)15/h4-7,9-10,14,19H,2-3,8H2,1H3/t14-/m1/s1. The molecule has 1 atom stereocenters. The van der Waals surface area contributed by atoms with Crippen LogP contribution in [0.15, 0.2) is 41.4 Å². The van der Waals surface area contributed by atoms with Crippen LogP contribution in [-0.2, 0) is 10.0 Å². The highest BCUT2D eigenvalue weighted by Gasteiger charge is 2.26. The number of halogens is 1. The minimum atomic E-state index is -3.77. The van der Waals surface area contributed by atoms with E-state index in [1.54, 1.807) is 6.07 Å². The van der Waals surface area contributed by atoms with Crippen molar-refractivity contribution >= 4 is 10.0 Å². The molecule has 2 aromatic rings. The molecule has 1 N–H and O–H groups in total. The molecule has 0 unspecified atom stereocenters. The first-order valence-corrected chi connectivity index (χ1v) is 8.92. The molecule has 3 rings (SSSR count). The first-order chi connectivity index (χ1) is 11.5. The molecule has 8 heteroatoms. The Hall–Kier alpha value is -2.19. The van der Waals surface area contributed by atoms with Crippen molar-refractivity contribution in [3.8, 4) is 11.6 Å². The van der Waals surface area contributed by atoms with Crippen molar-refractivity contribution in [2.75, 3.05) is 13.7 Å². The van der Waals surface area contributed by atoms with Crippen molar-refractivity contribution in [2.45, 2.75) is 23.8 Å². The molecule has 1 aliphatic rings. The van der Waals surface area contributed by atoms with Crippen LogP contribution in [0.25, 0.3) is 0 Å². The number of nitrogens with one attached hydrogen (secondary N) is 1. The van der Waals surface area contributed by atoms with E-state index in [4.69, 9.17) is 9.47 Å². The van der Waals surface area contributed by atoms with Gasteiger partial charge in [-0.15, -0.1) is 0 Å². The number of benzene rings is 1. The van der Waals surface area contributed by atoms with Crippen LogP contribution in [0.3, 0.4) is 0 Å². The highest BCUT2D eigenvalue weighted by molar-refractivity contribution is 7.89. The Bertz CT molecular complexity index is 824. The Morgan fingerprint density at radius 1 is 1.33 bits per heavy atom. The van der Waals surface area contributed by atoms with Crippen molar-refractivity contribution in [3.63, 3.8) is 0 Å². The van der Waals surface area contributed by atoms with Gasteiger partial charge in [-0.25, -0.2) is 22.5 Å². The van der Waals surface area contributed by atoms with Gasteiger partial charge in [-0.05, 0) is 25.0 Å². The molecule has 0 bridgehead atoms. The maximum atomic E-state index is 13.4. The third-order valence-corrected chi connectivity index (χ3v) is 5.23. The summed E-state index contributed by atoms with van der Waals surface area (Å²) in [6, 6.07) is 6.53. The number of fused-ring (bicyclic) bond motifs is 1. The SMILES string of the molecule is COc1ccc(S(=O)(=O)N[C@@H]2CCCOc3cc(F)ccc32)cn1. The van der Waals surface area contributed by atoms with Crippen LogP contribution < -0.4 is 14.2 Å². The molecule has 0 saturated heterocycles. The monoisotopic (exact) mass is 352 g/mol. The maximum absolute atomic E-state index is 13.4. The van der Waals surface area contributed by atoms with Crippen molar-refractivity contribution in [2.24, 2.45) is 0 Å². The van der Waals surface area contributed by atoms with Gasteiger partial charge in [-0.2, -0.15) is 0 Å². The summed E-state index contributed by atoms with van der Waals surface area (Å²) >= 11 is 0. The fourth-order valence-electron chi connectivity index (χ4n) is 2.57. The fraction of sp³-hybridized carbons (Fsp3) is 0.312. The molecule has 24 heavy (non-hydrogen) atoms. The quantitative estimate of drug-likeness (QED) is 0.914. The molecular formula is C16H17FN2O4S. The first-order valence-electron chi connectivity index (χ1n) is 7.44. The summed E-state index contributed by atoms with van der Waals surface area (Å²) < 4.78 is 51.6. The summed E-state index contributed by atoms with van der Waals surface area (Å²) in [5, 5.41) is 0. The minimum Gasteiger partial charge on any atom is -0.493 e. The van der Waals surface area contributed by atoms with Crippen molar-refractivity contribution in [1.82, 2.24) is 9.71 Å². The second-order valence-corrected chi connectivity index (χ2v) is 7.10. The van der Waals surface area contributed by atoms with E-state index in [2.05, 4.69) is 9.71 Å². The zero-order valence-corrected chi connectivity index (χ0v) is 13.8. The van der Waals surface area contributed by atoms with E-state index in [0.717, 1.165) is 0 Å². The number of hydrogen-bond acceptors (Lipinski definition) is 5. The first kappa shape index (κ1) is 16.7. The average molecular weight is 352 g/mol. The number of ether oxygens (including phenoxy) is 2. The molecule has 1 aliphatic heterocycles. The molecule has 0 radical (unpaired) electrons. The smallest absolute Gasteiger partial charge is 0.242 e.